The zero-order chi connectivity index (χ0) is 11.7. The van der Waals surface area contributed by atoms with Crippen LogP contribution in [-0.2, 0) is 7.05 Å². The molecule has 0 saturated carbocycles. The Bertz CT molecular complexity index is 465. The minimum atomic E-state index is 0.313. The molecule has 0 bridgehead atoms. The molecule has 2 rings (SSSR count). The van der Waals surface area contributed by atoms with Crippen LogP contribution in [-0.4, -0.2) is 9.78 Å². The van der Waals surface area contributed by atoms with Gasteiger partial charge in [-0.2, -0.15) is 5.10 Å². The van der Waals surface area contributed by atoms with Crippen LogP contribution in [0.5, 0.6) is 0 Å². The third-order valence-electron chi connectivity index (χ3n) is 2.67. The van der Waals surface area contributed by atoms with Gasteiger partial charge in [-0.1, -0.05) is 0 Å². The highest BCUT2D eigenvalue weighted by atomic mass is 32.1. The topological polar surface area (TPSA) is 29.9 Å². The molecule has 2 aromatic rings. The Morgan fingerprint density at radius 3 is 2.62 bits per heavy atom. The monoisotopic (exact) mass is 235 g/mol. The molecule has 0 spiro atoms. The lowest BCUT2D eigenvalue weighted by molar-refractivity contribution is 0.736. The van der Waals surface area contributed by atoms with E-state index in [0.717, 1.165) is 11.5 Å². The van der Waals surface area contributed by atoms with Gasteiger partial charge in [0.05, 0.1) is 6.04 Å². The van der Waals surface area contributed by atoms with Gasteiger partial charge in [0.1, 0.15) is 5.82 Å². The van der Waals surface area contributed by atoms with Gasteiger partial charge in [-0.25, -0.2) is 0 Å². The van der Waals surface area contributed by atoms with Crippen molar-refractivity contribution in [2.75, 3.05) is 5.32 Å². The molecule has 0 aliphatic heterocycles. The maximum Gasteiger partial charge on any atom is 0.148 e. The molecule has 2 aromatic heterocycles. The van der Waals surface area contributed by atoms with Crippen LogP contribution in [0.4, 0.5) is 5.82 Å². The van der Waals surface area contributed by atoms with Crippen molar-refractivity contribution >= 4 is 17.2 Å². The fourth-order valence-electron chi connectivity index (χ4n) is 1.61. The predicted octanol–water partition coefficient (Wildman–Crippen LogP) is 3.27. The number of thiophene rings is 1. The molecule has 0 aliphatic rings. The summed E-state index contributed by atoms with van der Waals surface area (Å²) in [5, 5.41) is 7.80. The average Bonchev–Trinajstić information content (AvgIpc) is 2.75. The van der Waals surface area contributed by atoms with Crippen LogP contribution in [0.3, 0.4) is 0 Å². The van der Waals surface area contributed by atoms with Crippen LogP contribution < -0.4 is 5.32 Å². The number of aromatic nitrogens is 2. The van der Waals surface area contributed by atoms with Gasteiger partial charge in [0.15, 0.2) is 0 Å². The molecule has 0 aliphatic carbocycles. The number of hydrogen-bond acceptors (Lipinski definition) is 3. The van der Waals surface area contributed by atoms with Crippen molar-refractivity contribution in [3.63, 3.8) is 0 Å². The number of aryl methyl sites for hydroxylation is 3. The molecule has 86 valence electrons. The molecule has 3 nitrogen and oxygen atoms in total. The van der Waals surface area contributed by atoms with Gasteiger partial charge in [0.25, 0.3) is 0 Å². The molecule has 4 heteroatoms. The fraction of sp³-hybridized carbons (Fsp3) is 0.417. The van der Waals surface area contributed by atoms with Gasteiger partial charge in [-0.3, -0.25) is 4.68 Å². The van der Waals surface area contributed by atoms with E-state index in [1.54, 1.807) is 0 Å². The number of rotatable bonds is 3. The van der Waals surface area contributed by atoms with Gasteiger partial charge < -0.3 is 5.32 Å². The van der Waals surface area contributed by atoms with Crippen molar-refractivity contribution in [1.82, 2.24) is 9.78 Å². The third kappa shape index (κ3) is 2.27. The summed E-state index contributed by atoms with van der Waals surface area (Å²) in [5.74, 6) is 0.943. The first kappa shape index (κ1) is 11.2. The number of anilines is 1. The summed E-state index contributed by atoms with van der Waals surface area (Å²) in [5.41, 5.74) is 1.16. The first-order valence-electron chi connectivity index (χ1n) is 5.40. The smallest absolute Gasteiger partial charge is 0.148 e. The lowest BCUT2D eigenvalue weighted by Gasteiger charge is -2.10. The zero-order valence-corrected chi connectivity index (χ0v) is 10.9. The molecule has 0 amide bonds. The first-order chi connectivity index (χ1) is 7.56. The van der Waals surface area contributed by atoms with Crippen molar-refractivity contribution in [2.45, 2.75) is 26.8 Å². The van der Waals surface area contributed by atoms with Crippen molar-refractivity contribution in [3.8, 4) is 0 Å². The molecule has 1 N–H and O–H groups in total. The first-order valence-corrected chi connectivity index (χ1v) is 6.21. The van der Waals surface area contributed by atoms with Crippen molar-refractivity contribution in [2.24, 2.45) is 7.05 Å². The highest BCUT2D eigenvalue weighted by Crippen LogP contribution is 2.25. The van der Waals surface area contributed by atoms with E-state index in [1.165, 1.54) is 9.75 Å². The molecule has 2 heterocycles. The number of nitrogens with zero attached hydrogens (tertiary/aromatic N) is 2. The van der Waals surface area contributed by atoms with Gasteiger partial charge in [-0.05, 0) is 32.9 Å². The average molecular weight is 235 g/mol. The fourth-order valence-corrected chi connectivity index (χ4v) is 2.49. The van der Waals surface area contributed by atoms with Crippen molar-refractivity contribution < 1.29 is 0 Å². The van der Waals surface area contributed by atoms with Crippen molar-refractivity contribution in [3.05, 3.63) is 33.6 Å². The molecule has 1 unspecified atom stereocenters. The highest BCUT2D eigenvalue weighted by molar-refractivity contribution is 7.12. The Kier molecular flexibility index (Phi) is 3.01. The molecule has 16 heavy (non-hydrogen) atoms. The summed E-state index contributed by atoms with van der Waals surface area (Å²) >= 11 is 1.83. The zero-order valence-electron chi connectivity index (χ0n) is 10.1. The van der Waals surface area contributed by atoms with E-state index >= 15 is 0 Å². The van der Waals surface area contributed by atoms with Gasteiger partial charge in [0, 0.05) is 28.6 Å². The van der Waals surface area contributed by atoms with Gasteiger partial charge >= 0.3 is 0 Å². The summed E-state index contributed by atoms with van der Waals surface area (Å²) in [6, 6.07) is 6.71. The summed E-state index contributed by atoms with van der Waals surface area (Å²) in [7, 11) is 1.96. The quantitative estimate of drug-likeness (QED) is 0.885. The van der Waals surface area contributed by atoms with E-state index in [9.17, 15) is 0 Å². The van der Waals surface area contributed by atoms with Gasteiger partial charge in [-0.15, -0.1) is 11.3 Å². The van der Waals surface area contributed by atoms with E-state index in [4.69, 9.17) is 0 Å². The predicted molar refractivity (Wildman–Crippen MR) is 69.0 cm³/mol. The molecule has 1 atom stereocenters. The second-order valence-electron chi connectivity index (χ2n) is 4.11. The van der Waals surface area contributed by atoms with Crippen LogP contribution in [0, 0.1) is 13.8 Å². The summed E-state index contributed by atoms with van der Waals surface area (Å²) in [6.07, 6.45) is 0. The minimum Gasteiger partial charge on any atom is -0.361 e. The second-order valence-corrected chi connectivity index (χ2v) is 5.43. The third-order valence-corrected chi connectivity index (χ3v) is 3.85. The molecule has 0 radical (unpaired) electrons. The Morgan fingerprint density at radius 2 is 2.12 bits per heavy atom. The van der Waals surface area contributed by atoms with Crippen molar-refractivity contribution in [1.29, 1.82) is 0 Å². The molecular weight excluding hydrogens is 218 g/mol. The normalized spacial score (nSPS) is 12.8. The maximum atomic E-state index is 4.39. The van der Waals surface area contributed by atoms with E-state index in [2.05, 4.69) is 49.4 Å². The second kappa shape index (κ2) is 4.29. The molecule has 0 aromatic carbocycles. The van der Waals surface area contributed by atoms with Crippen LogP contribution in [0.25, 0.3) is 0 Å². The van der Waals surface area contributed by atoms with E-state index in [0.29, 0.717) is 6.04 Å². The standard InChI is InChI=1S/C12H17N3S/c1-8-7-12(14-15(8)4)13-10(3)11-6-5-9(2)16-11/h5-7,10H,1-4H3,(H,13,14). The van der Waals surface area contributed by atoms with E-state index in [1.807, 2.05) is 23.1 Å². The Balaban J connectivity index is 2.10. The molecular formula is C12H17N3S. The summed E-state index contributed by atoms with van der Waals surface area (Å²) < 4.78 is 1.88. The minimum absolute atomic E-state index is 0.313. The van der Waals surface area contributed by atoms with Crippen LogP contribution in [0.1, 0.15) is 28.4 Å². The maximum absolute atomic E-state index is 4.39. The summed E-state index contributed by atoms with van der Waals surface area (Å²) in [6.45, 7) is 6.35. The Hall–Kier alpha value is -1.29. The lowest BCUT2D eigenvalue weighted by Crippen LogP contribution is -2.05. The largest absolute Gasteiger partial charge is 0.361 e. The lowest BCUT2D eigenvalue weighted by atomic mass is 10.2. The van der Waals surface area contributed by atoms with E-state index < -0.39 is 0 Å². The summed E-state index contributed by atoms with van der Waals surface area (Å²) in [4.78, 5) is 2.70. The van der Waals surface area contributed by atoms with Crippen LogP contribution in [0.15, 0.2) is 18.2 Å². The SMILES string of the molecule is Cc1ccc(C(C)Nc2cc(C)n(C)n2)s1. The number of hydrogen-bond donors (Lipinski definition) is 1. The van der Waals surface area contributed by atoms with Gasteiger partial charge in [0.2, 0.25) is 0 Å². The Labute approximate surface area is 100 Å². The highest BCUT2D eigenvalue weighted by Gasteiger charge is 2.09. The molecule has 0 fully saturated rings. The van der Waals surface area contributed by atoms with Crippen LogP contribution in [0.2, 0.25) is 0 Å². The van der Waals surface area contributed by atoms with E-state index in [-0.39, 0.29) is 0 Å². The molecule has 0 saturated heterocycles. The Morgan fingerprint density at radius 1 is 1.38 bits per heavy atom. The number of nitrogens with one attached hydrogen (secondary N) is 1. The van der Waals surface area contributed by atoms with Crippen LogP contribution >= 0.6 is 11.3 Å².